The molecule has 0 aromatic carbocycles. The lowest BCUT2D eigenvalue weighted by Gasteiger charge is -2.37. The van der Waals surface area contributed by atoms with Crippen molar-refractivity contribution >= 4 is 41.7 Å². The second-order valence-electron chi connectivity index (χ2n) is 6.10. The van der Waals surface area contributed by atoms with Crippen LogP contribution in [0.25, 0.3) is 0 Å². The number of aliphatic imine (C=N–C) groups is 1. The molecule has 2 unspecified atom stereocenters. The third kappa shape index (κ3) is 6.83. The Morgan fingerprint density at radius 1 is 1.32 bits per heavy atom. The molecule has 1 fully saturated rings. The van der Waals surface area contributed by atoms with Gasteiger partial charge in [0.15, 0.2) is 5.96 Å². The van der Waals surface area contributed by atoms with Crippen molar-refractivity contribution in [2.45, 2.75) is 45.9 Å². The zero-order chi connectivity index (χ0) is 15.8. The van der Waals surface area contributed by atoms with E-state index in [-0.39, 0.29) is 24.0 Å². The summed E-state index contributed by atoms with van der Waals surface area (Å²) in [6.45, 7) is 16.8. The number of guanidine groups is 1. The van der Waals surface area contributed by atoms with Crippen molar-refractivity contribution in [2.24, 2.45) is 10.9 Å². The molecule has 1 saturated heterocycles. The molecule has 1 aliphatic rings. The lowest BCUT2D eigenvalue weighted by Crippen LogP contribution is -2.51. The zero-order valence-electron chi connectivity index (χ0n) is 15.1. The summed E-state index contributed by atoms with van der Waals surface area (Å²) in [4.78, 5) is 9.39. The standard InChI is InChI=1S/C16H34N4S.HI/c1-7-19(8-2)14(5)11-18-16(17-6)20-9-10-21-15(12-20)13(3)4;/h13-15H,7-12H2,1-6H3,(H,17,18);1H. The molecule has 0 bridgehead atoms. The number of nitrogens with zero attached hydrogens (tertiary/aromatic N) is 3. The molecule has 132 valence electrons. The zero-order valence-corrected chi connectivity index (χ0v) is 18.3. The maximum Gasteiger partial charge on any atom is 0.193 e. The number of hydrogen-bond donors (Lipinski definition) is 1. The van der Waals surface area contributed by atoms with Crippen LogP contribution in [0.3, 0.4) is 0 Å². The van der Waals surface area contributed by atoms with Gasteiger partial charge in [-0.1, -0.05) is 27.7 Å². The highest BCUT2D eigenvalue weighted by atomic mass is 127. The van der Waals surface area contributed by atoms with Crippen LogP contribution in [-0.4, -0.2) is 72.6 Å². The van der Waals surface area contributed by atoms with E-state index in [1.165, 1.54) is 5.75 Å². The molecule has 1 heterocycles. The average molecular weight is 442 g/mol. The summed E-state index contributed by atoms with van der Waals surface area (Å²) in [5.41, 5.74) is 0. The molecule has 22 heavy (non-hydrogen) atoms. The summed E-state index contributed by atoms with van der Waals surface area (Å²) in [5, 5.41) is 4.29. The highest BCUT2D eigenvalue weighted by Gasteiger charge is 2.25. The Kier molecular flexibility index (Phi) is 12.0. The van der Waals surface area contributed by atoms with Crippen LogP contribution in [0.2, 0.25) is 0 Å². The van der Waals surface area contributed by atoms with Crippen molar-refractivity contribution in [3.05, 3.63) is 0 Å². The molecule has 0 aromatic heterocycles. The predicted octanol–water partition coefficient (Wildman–Crippen LogP) is 2.98. The van der Waals surface area contributed by atoms with Crippen LogP contribution in [-0.2, 0) is 0 Å². The second-order valence-corrected chi connectivity index (χ2v) is 7.44. The van der Waals surface area contributed by atoms with E-state index in [4.69, 9.17) is 0 Å². The van der Waals surface area contributed by atoms with E-state index >= 15 is 0 Å². The maximum atomic E-state index is 4.49. The minimum absolute atomic E-state index is 0. The Hall–Kier alpha value is 0.310. The molecule has 0 aliphatic carbocycles. The van der Waals surface area contributed by atoms with Gasteiger partial charge >= 0.3 is 0 Å². The summed E-state index contributed by atoms with van der Waals surface area (Å²) in [7, 11) is 1.90. The fraction of sp³-hybridized carbons (Fsp3) is 0.938. The Morgan fingerprint density at radius 2 is 1.95 bits per heavy atom. The van der Waals surface area contributed by atoms with E-state index in [9.17, 15) is 0 Å². The minimum Gasteiger partial charge on any atom is -0.355 e. The maximum absolute atomic E-state index is 4.49. The molecule has 4 nitrogen and oxygen atoms in total. The number of halogens is 1. The van der Waals surface area contributed by atoms with Gasteiger partial charge in [-0.05, 0) is 25.9 Å². The fourth-order valence-electron chi connectivity index (χ4n) is 2.82. The van der Waals surface area contributed by atoms with E-state index in [1.54, 1.807) is 0 Å². The second kappa shape index (κ2) is 11.8. The van der Waals surface area contributed by atoms with Crippen LogP contribution in [0.5, 0.6) is 0 Å². The molecule has 0 spiro atoms. The molecular formula is C16H35IN4S. The van der Waals surface area contributed by atoms with Crippen LogP contribution in [0.15, 0.2) is 4.99 Å². The monoisotopic (exact) mass is 442 g/mol. The highest BCUT2D eigenvalue weighted by molar-refractivity contribution is 14.0. The molecule has 1 rings (SSSR count). The van der Waals surface area contributed by atoms with Crippen molar-refractivity contribution in [2.75, 3.05) is 45.5 Å². The van der Waals surface area contributed by atoms with Gasteiger partial charge in [-0.2, -0.15) is 11.8 Å². The third-order valence-corrected chi connectivity index (χ3v) is 5.88. The summed E-state index contributed by atoms with van der Waals surface area (Å²) in [5.74, 6) is 3.00. The Morgan fingerprint density at radius 3 is 2.45 bits per heavy atom. The van der Waals surface area contributed by atoms with Crippen LogP contribution in [0.4, 0.5) is 0 Å². The van der Waals surface area contributed by atoms with Crippen LogP contribution in [0.1, 0.15) is 34.6 Å². The van der Waals surface area contributed by atoms with Crippen molar-refractivity contribution < 1.29 is 0 Å². The van der Waals surface area contributed by atoms with Gasteiger partial charge in [0.1, 0.15) is 0 Å². The van der Waals surface area contributed by atoms with E-state index in [0.717, 1.165) is 49.9 Å². The van der Waals surface area contributed by atoms with E-state index < -0.39 is 0 Å². The molecule has 0 amide bonds. The molecule has 2 atom stereocenters. The Balaban J connectivity index is 0.00000441. The molecular weight excluding hydrogens is 407 g/mol. The summed E-state index contributed by atoms with van der Waals surface area (Å²) < 4.78 is 0. The van der Waals surface area contributed by atoms with Crippen molar-refractivity contribution in [3.8, 4) is 0 Å². The van der Waals surface area contributed by atoms with Crippen molar-refractivity contribution in [3.63, 3.8) is 0 Å². The van der Waals surface area contributed by atoms with E-state index in [0.29, 0.717) is 6.04 Å². The molecule has 1 aliphatic heterocycles. The Labute approximate surface area is 158 Å². The normalized spacial score (nSPS) is 21.0. The number of likely N-dealkylation sites (N-methyl/N-ethyl adjacent to an activating group) is 1. The third-order valence-electron chi connectivity index (χ3n) is 4.34. The quantitative estimate of drug-likeness (QED) is 0.389. The first-order chi connectivity index (χ1) is 10.0. The first-order valence-corrected chi connectivity index (χ1v) is 9.39. The molecule has 6 heteroatoms. The van der Waals surface area contributed by atoms with Gasteiger partial charge in [-0.15, -0.1) is 24.0 Å². The first kappa shape index (κ1) is 22.3. The van der Waals surface area contributed by atoms with Crippen LogP contribution >= 0.6 is 35.7 Å². The van der Waals surface area contributed by atoms with Crippen LogP contribution in [0, 0.1) is 5.92 Å². The fourth-order valence-corrected chi connectivity index (χ4v) is 4.12. The number of rotatable bonds is 6. The smallest absolute Gasteiger partial charge is 0.193 e. The summed E-state index contributed by atoms with van der Waals surface area (Å²) in [6, 6.07) is 0.539. The molecule has 1 N–H and O–H groups in total. The summed E-state index contributed by atoms with van der Waals surface area (Å²) in [6.07, 6.45) is 0. The van der Waals surface area contributed by atoms with Gasteiger partial charge in [-0.25, -0.2) is 0 Å². The molecule has 0 aromatic rings. The predicted molar refractivity (Wildman–Crippen MR) is 112 cm³/mol. The summed E-state index contributed by atoms with van der Waals surface area (Å²) >= 11 is 2.11. The van der Waals surface area contributed by atoms with Gasteiger partial charge in [0.25, 0.3) is 0 Å². The lowest BCUT2D eigenvalue weighted by molar-refractivity contribution is 0.230. The molecule has 0 radical (unpaired) electrons. The average Bonchev–Trinajstić information content (AvgIpc) is 2.49. The van der Waals surface area contributed by atoms with Crippen molar-refractivity contribution in [1.29, 1.82) is 0 Å². The molecule has 0 saturated carbocycles. The van der Waals surface area contributed by atoms with Crippen molar-refractivity contribution in [1.82, 2.24) is 15.1 Å². The number of hydrogen-bond acceptors (Lipinski definition) is 3. The highest BCUT2D eigenvalue weighted by Crippen LogP contribution is 2.24. The van der Waals surface area contributed by atoms with Crippen LogP contribution < -0.4 is 5.32 Å². The van der Waals surface area contributed by atoms with Gasteiger partial charge in [0, 0.05) is 43.7 Å². The van der Waals surface area contributed by atoms with Gasteiger partial charge in [0.05, 0.1) is 0 Å². The number of thioether (sulfide) groups is 1. The SMILES string of the molecule is CCN(CC)C(C)CNC(=NC)N1CCSC(C(C)C)C1.I. The van der Waals surface area contributed by atoms with E-state index in [1.807, 2.05) is 7.05 Å². The van der Waals surface area contributed by atoms with Gasteiger partial charge in [0.2, 0.25) is 0 Å². The largest absolute Gasteiger partial charge is 0.355 e. The first-order valence-electron chi connectivity index (χ1n) is 8.34. The van der Waals surface area contributed by atoms with Gasteiger partial charge < -0.3 is 10.2 Å². The minimum atomic E-state index is 0. The topological polar surface area (TPSA) is 30.9 Å². The Bertz CT molecular complexity index is 321. The number of nitrogens with one attached hydrogen (secondary N) is 1. The lowest BCUT2D eigenvalue weighted by atomic mass is 10.1. The van der Waals surface area contributed by atoms with Gasteiger partial charge in [-0.3, -0.25) is 9.89 Å². The van der Waals surface area contributed by atoms with E-state index in [2.05, 4.69) is 66.5 Å².